The van der Waals surface area contributed by atoms with E-state index in [2.05, 4.69) is 21.7 Å². The van der Waals surface area contributed by atoms with E-state index in [1.165, 1.54) is 12.1 Å². The highest BCUT2D eigenvalue weighted by Crippen LogP contribution is 2.58. The average molecular weight is 498 g/mol. The van der Waals surface area contributed by atoms with Gasteiger partial charge in [-0.3, -0.25) is 14.4 Å². The normalized spacial score (nSPS) is 31.9. The highest BCUT2D eigenvalue weighted by Gasteiger charge is 2.65. The molecule has 0 radical (unpaired) electrons. The first-order valence-corrected chi connectivity index (χ1v) is 12.5. The molecule has 2 aliphatic carbocycles. The van der Waals surface area contributed by atoms with E-state index in [0.717, 1.165) is 19.3 Å². The molecule has 2 aliphatic heterocycles. The van der Waals surface area contributed by atoms with E-state index in [4.69, 9.17) is 11.6 Å². The van der Waals surface area contributed by atoms with Crippen molar-refractivity contribution in [3.05, 3.63) is 34.7 Å². The van der Waals surface area contributed by atoms with Crippen LogP contribution in [0.5, 0.6) is 0 Å². The fraction of sp³-hybridized carbons (Fsp3) is 0.520. The Kier molecular flexibility index (Phi) is 5.08. The number of hydrogen-bond donors (Lipinski definition) is 3. The Morgan fingerprint density at radius 2 is 2.14 bits per heavy atom. The second kappa shape index (κ2) is 7.95. The maximum Gasteiger partial charge on any atom is 0.271 e. The number of aromatic amines is 1. The summed E-state index contributed by atoms with van der Waals surface area (Å²) < 4.78 is 13.8. The largest absolute Gasteiger partial charge is 0.356 e. The molecule has 0 bridgehead atoms. The van der Waals surface area contributed by atoms with Gasteiger partial charge in [-0.25, -0.2) is 4.39 Å². The third-order valence-corrected chi connectivity index (χ3v) is 8.90. The zero-order valence-electron chi connectivity index (χ0n) is 18.9. The molecule has 10 heteroatoms. The average Bonchev–Trinajstić information content (AvgIpc) is 3.25. The van der Waals surface area contributed by atoms with E-state index < -0.39 is 23.3 Å². The van der Waals surface area contributed by atoms with Crippen molar-refractivity contribution in [3.8, 4) is 6.07 Å². The zero-order chi connectivity index (χ0) is 24.5. The molecule has 4 fully saturated rings. The van der Waals surface area contributed by atoms with Crippen LogP contribution in [0.2, 0.25) is 5.02 Å². The lowest BCUT2D eigenvalue weighted by molar-refractivity contribution is -0.127. The Balaban J connectivity index is 1.25. The molecule has 1 spiro atoms. The van der Waals surface area contributed by atoms with Crippen molar-refractivity contribution in [2.24, 2.45) is 23.2 Å². The number of rotatable bonds is 4. The number of H-pyrrole nitrogens is 1. The number of benzene rings is 1. The van der Waals surface area contributed by atoms with Crippen LogP contribution < -0.4 is 10.6 Å². The molecule has 4 aliphatic rings. The van der Waals surface area contributed by atoms with Crippen molar-refractivity contribution in [3.63, 3.8) is 0 Å². The number of carbonyl (C=O) groups is 3. The van der Waals surface area contributed by atoms with Crippen LogP contribution in [0, 0.1) is 40.3 Å². The zero-order valence-corrected chi connectivity index (χ0v) is 19.7. The fourth-order valence-corrected chi connectivity index (χ4v) is 7.01. The molecule has 182 valence electrons. The molecule has 35 heavy (non-hydrogen) atoms. The number of nitrogens with zero attached hydrogens (tertiary/aromatic N) is 2. The summed E-state index contributed by atoms with van der Waals surface area (Å²) in [5.41, 5.74) is 0.108. The summed E-state index contributed by atoms with van der Waals surface area (Å²) in [4.78, 5) is 43.9. The van der Waals surface area contributed by atoms with Gasteiger partial charge in [0.2, 0.25) is 11.8 Å². The fourth-order valence-electron chi connectivity index (χ4n) is 6.75. The van der Waals surface area contributed by atoms with Crippen molar-refractivity contribution in [1.29, 1.82) is 5.26 Å². The molecule has 2 saturated carbocycles. The summed E-state index contributed by atoms with van der Waals surface area (Å²) >= 11 is 6.16. The monoisotopic (exact) mass is 497 g/mol. The van der Waals surface area contributed by atoms with Gasteiger partial charge in [-0.1, -0.05) is 18.0 Å². The summed E-state index contributed by atoms with van der Waals surface area (Å²) in [5.74, 6) is -1.22. The number of carbonyl (C=O) groups excluding carboxylic acids is 3. The Labute approximate surface area is 206 Å². The maximum atomic E-state index is 13.8. The Morgan fingerprint density at radius 1 is 1.31 bits per heavy atom. The van der Waals surface area contributed by atoms with E-state index in [0.29, 0.717) is 36.8 Å². The van der Waals surface area contributed by atoms with Crippen molar-refractivity contribution >= 4 is 40.2 Å². The number of nitriles is 1. The smallest absolute Gasteiger partial charge is 0.271 e. The summed E-state index contributed by atoms with van der Waals surface area (Å²) in [7, 11) is 0. The predicted octanol–water partition coefficient (Wildman–Crippen LogP) is 2.74. The molecule has 1 aromatic carbocycles. The van der Waals surface area contributed by atoms with Crippen molar-refractivity contribution in [2.45, 2.75) is 44.2 Å². The molecule has 3 amide bonds. The lowest BCUT2D eigenvalue weighted by atomic mass is 9.92. The molecule has 1 unspecified atom stereocenters. The van der Waals surface area contributed by atoms with E-state index in [1.807, 2.05) is 0 Å². The molecular weight excluding hydrogens is 473 g/mol. The molecule has 2 saturated heterocycles. The first kappa shape index (κ1) is 22.4. The minimum absolute atomic E-state index is 0.0200. The summed E-state index contributed by atoms with van der Waals surface area (Å²) in [5, 5.41) is 16.3. The number of halogens is 2. The van der Waals surface area contributed by atoms with Gasteiger partial charge in [-0.2, -0.15) is 5.26 Å². The van der Waals surface area contributed by atoms with Gasteiger partial charge in [0.15, 0.2) is 0 Å². The molecule has 8 nitrogen and oxygen atoms in total. The van der Waals surface area contributed by atoms with Crippen LogP contribution in [-0.4, -0.2) is 52.8 Å². The summed E-state index contributed by atoms with van der Waals surface area (Å²) in [6.07, 6.45) is 4.03. The highest BCUT2D eigenvalue weighted by molar-refractivity contribution is 6.35. The predicted molar refractivity (Wildman–Crippen MR) is 125 cm³/mol. The van der Waals surface area contributed by atoms with Gasteiger partial charge < -0.3 is 20.5 Å². The van der Waals surface area contributed by atoms with Crippen molar-refractivity contribution < 1.29 is 18.8 Å². The molecule has 2 aromatic rings. The Bertz CT molecular complexity index is 1300. The van der Waals surface area contributed by atoms with E-state index in [-0.39, 0.29) is 46.2 Å². The van der Waals surface area contributed by atoms with Crippen LogP contribution >= 0.6 is 11.6 Å². The minimum Gasteiger partial charge on any atom is -0.356 e. The lowest BCUT2D eigenvalue weighted by Crippen LogP contribution is -2.51. The second-order valence-corrected chi connectivity index (χ2v) is 10.8. The van der Waals surface area contributed by atoms with Gasteiger partial charge in [-0.05, 0) is 55.7 Å². The van der Waals surface area contributed by atoms with Crippen LogP contribution in [0.15, 0.2) is 18.2 Å². The molecule has 6 rings (SSSR count). The van der Waals surface area contributed by atoms with Gasteiger partial charge >= 0.3 is 0 Å². The highest BCUT2D eigenvalue weighted by atomic mass is 35.5. The van der Waals surface area contributed by atoms with Gasteiger partial charge in [0.1, 0.15) is 23.6 Å². The van der Waals surface area contributed by atoms with Gasteiger partial charge in [0.25, 0.3) is 5.91 Å². The molecule has 3 heterocycles. The van der Waals surface area contributed by atoms with Crippen molar-refractivity contribution in [2.75, 3.05) is 13.1 Å². The standard InChI is InChI=1S/C25H25ClFN5O3/c26-17-6-13(27)7-18-15(17)8-19(30-18)23(34)32-11-12-2-1-3-14(12)21(32)22(33)31-20(10-28)16-9-25(16)4-5-29-24(25)35/h6-8,12,14,16,20-21,30H,1-5,9,11H2,(H,29,35)(H,31,33)/t12-,14-,16?,20+,21-,25-/m0/s1. The van der Waals surface area contributed by atoms with Crippen LogP contribution in [-0.2, 0) is 9.59 Å². The van der Waals surface area contributed by atoms with Gasteiger partial charge in [0, 0.05) is 24.4 Å². The van der Waals surface area contributed by atoms with Crippen LogP contribution in [0.3, 0.4) is 0 Å². The first-order chi connectivity index (χ1) is 16.8. The Hall–Kier alpha value is -3.12. The van der Waals surface area contributed by atoms with Crippen molar-refractivity contribution in [1.82, 2.24) is 20.5 Å². The number of nitrogens with one attached hydrogen (secondary N) is 3. The SMILES string of the molecule is N#C[C@@H](NC(=O)[C@@H]1[C@H]2CCC[C@H]2CN1C(=O)c1cc2c(Cl)cc(F)cc2[nH]1)C1C[C@@]12CCNC2=O. The van der Waals surface area contributed by atoms with Crippen LogP contribution in [0.1, 0.15) is 42.6 Å². The molecule has 3 N–H and O–H groups in total. The number of hydrogen-bond acceptors (Lipinski definition) is 4. The van der Waals surface area contributed by atoms with E-state index >= 15 is 0 Å². The lowest BCUT2D eigenvalue weighted by Gasteiger charge is -2.28. The quantitative estimate of drug-likeness (QED) is 0.602. The van der Waals surface area contributed by atoms with Gasteiger partial charge in [-0.15, -0.1) is 0 Å². The topological polar surface area (TPSA) is 118 Å². The second-order valence-electron chi connectivity index (χ2n) is 10.4. The first-order valence-electron chi connectivity index (χ1n) is 12.1. The Morgan fingerprint density at radius 3 is 2.89 bits per heavy atom. The van der Waals surface area contributed by atoms with Crippen LogP contribution in [0.25, 0.3) is 10.9 Å². The summed E-state index contributed by atoms with van der Waals surface area (Å²) in [6.45, 7) is 1.04. The number of aromatic nitrogens is 1. The maximum absolute atomic E-state index is 13.8. The minimum atomic E-state index is -0.779. The third-order valence-electron chi connectivity index (χ3n) is 8.58. The molecular formula is C25H25ClFN5O3. The van der Waals surface area contributed by atoms with E-state index in [9.17, 15) is 24.0 Å². The molecule has 1 aromatic heterocycles. The number of fused-ring (bicyclic) bond motifs is 2. The molecule has 6 atom stereocenters. The number of likely N-dealkylation sites (tertiary alicyclic amines) is 1. The third kappa shape index (κ3) is 3.41. The van der Waals surface area contributed by atoms with Gasteiger partial charge in [0.05, 0.1) is 22.0 Å². The van der Waals surface area contributed by atoms with E-state index in [1.54, 1.807) is 11.0 Å². The number of amides is 3. The van der Waals surface area contributed by atoms with Crippen LogP contribution in [0.4, 0.5) is 4.39 Å². The summed E-state index contributed by atoms with van der Waals surface area (Å²) in [6, 6.07) is 4.77.